The Morgan fingerprint density at radius 3 is 2.29 bits per heavy atom. The zero-order chi connectivity index (χ0) is 16.4. The highest BCUT2D eigenvalue weighted by Crippen LogP contribution is 2.32. The molecular weight excluding hydrogens is 296 g/mol. The van der Waals surface area contributed by atoms with Gasteiger partial charge in [-0.15, -0.1) is 10.2 Å². The molecule has 1 aliphatic heterocycles. The van der Waals surface area contributed by atoms with Crippen molar-refractivity contribution in [1.29, 1.82) is 5.26 Å². The molecule has 4 nitrogen and oxygen atoms in total. The monoisotopic (exact) mass is 313 g/mol. The standard InChI is InChI=1S/C20H17N4/c21-14-15-8-10-16(11-9-15)19-17-6-2-3-7-18(17)20(23-22-19)24-12-4-1-5-13-24/h1-3,6-11H,4-5,12-13H2. The van der Waals surface area contributed by atoms with Crippen molar-refractivity contribution in [2.24, 2.45) is 0 Å². The van der Waals surface area contributed by atoms with Crippen LogP contribution in [0.15, 0.2) is 48.5 Å². The van der Waals surface area contributed by atoms with Crippen molar-refractivity contribution >= 4 is 16.6 Å². The fourth-order valence-electron chi connectivity index (χ4n) is 3.20. The van der Waals surface area contributed by atoms with Crippen LogP contribution in [0.5, 0.6) is 0 Å². The molecule has 0 atom stereocenters. The SMILES string of the molecule is N#Cc1ccc(-c2nnc(N3CC[CH]CC3)c3ccccc23)cc1. The van der Waals surface area contributed by atoms with Gasteiger partial charge in [-0.2, -0.15) is 5.26 Å². The molecule has 24 heavy (non-hydrogen) atoms. The zero-order valence-corrected chi connectivity index (χ0v) is 13.3. The second-order valence-electron chi connectivity index (χ2n) is 5.96. The van der Waals surface area contributed by atoms with E-state index in [1.807, 2.05) is 36.4 Å². The second-order valence-corrected chi connectivity index (χ2v) is 5.96. The summed E-state index contributed by atoms with van der Waals surface area (Å²) in [6.07, 6.45) is 4.51. The van der Waals surface area contributed by atoms with Gasteiger partial charge in [-0.05, 0) is 31.4 Å². The number of benzene rings is 2. The second kappa shape index (κ2) is 6.29. The smallest absolute Gasteiger partial charge is 0.159 e. The number of rotatable bonds is 2. The van der Waals surface area contributed by atoms with Crippen LogP contribution in [0.4, 0.5) is 5.82 Å². The Bertz CT molecular complexity index is 903. The highest BCUT2D eigenvalue weighted by Gasteiger charge is 2.17. The predicted octanol–water partition coefficient (Wildman–Crippen LogP) is 3.97. The van der Waals surface area contributed by atoms with Crippen molar-refractivity contribution < 1.29 is 0 Å². The van der Waals surface area contributed by atoms with Crippen LogP contribution in [-0.4, -0.2) is 23.3 Å². The largest absolute Gasteiger partial charge is 0.355 e. The van der Waals surface area contributed by atoms with Crippen molar-refractivity contribution in [1.82, 2.24) is 10.2 Å². The Morgan fingerprint density at radius 2 is 1.58 bits per heavy atom. The molecule has 0 spiro atoms. The lowest BCUT2D eigenvalue weighted by Crippen LogP contribution is -2.30. The van der Waals surface area contributed by atoms with E-state index in [0.29, 0.717) is 5.56 Å². The molecule has 0 N–H and O–H groups in total. The molecule has 0 bridgehead atoms. The maximum absolute atomic E-state index is 8.97. The lowest BCUT2D eigenvalue weighted by molar-refractivity contribution is 0.669. The summed E-state index contributed by atoms with van der Waals surface area (Å²) in [6, 6.07) is 17.9. The molecule has 2 aromatic carbocycles. The highest BCUT2D eigenvalue weighted by atomic mass is 15.3. The summed E-state index contributed by atoms with van der Waals surface area (Å²) in [5.41, 5.74) is 2.50. The normalized spacial score (nSPS) is 14.5. The van der Waals surface area contributed by atoms with Crippen molar-refractivity contribution in [2.45, 2.75) is 12.8 Å². The number of fused-ring (bicyclic) bond motifs is 1. The first-order valence-corrected chi connectivity index (χ1v) is 8.19. The third-order valence-corrected chi connectivity index (χ3v) is 4.46. The van der Waals surface area contributed by atoms with Crippen molar-refractivity contribution in [3.63, 3.8) is 0 Å². The molecule has 1 saturated heterocycles. The van der Waals surface area contributed by atoms with Gasteiger partial charge in [-0.3, -0.25) is 0 Å². The van der Waals surface area contributed by atoms with Crippen LogP contribution in [0.25, 0.3) is 22.0 Å². The molecule has 1 aromatic heterocycles. The molecule has 0 amide bonds. The van der Waals surface area contributed by atoms with Gasteiger partial charge in [0.25, 0.3) is 0 Å². The lowest BCUT2D eigenvalue weighted by Gasteiger charge is -2.28. The van der Waals surface area contributed by atoms with Gasteiger partial charge in [-0.25, -0.2) is 0 Å². The van der Waals surface area contributed by atoms with Gasteiger partial charge in [0.2, 0.25) is 0 Å². The third kappa shape index (κ3) is 2.59. The number of anilines is 1. The summed E-state index contributed by atoms with van der Waals surface area (Å²) in [6.45, 7) is 1.99. The molecule has 0 unspecified atom stereocenters. The van der Waals surface area contributed by atoms with E-state index in [1.54, 1.807) is 0 Å². The van der Waals surface area contributed by atoms with Crippen LogP contribution in [0.3, 0.4) is 0 Å². The van der Waals surface area contributed by atoms with Crippen molar-refractivity contribution in [3.05, 3.63) is 60.5 Å². The maximum atomic E-state index is 8.97. The minimum atomic E-state index is 0.650. The minimum absolute atomic E-state index is 0.650. The van der Waals surface area contributed by atoms with E-state index in [4.69, 9.17) is 5.26 Å². The van der Waals surface area contributed by atoms with Crippen LogP contribution in [0.2, 0.25) is 0 Å². The molecule has 2 heterocycles. The first-order chi connectivity index (χ1) is 11.9. The highest BCUT2D eigenvalue weighted by molar-refractivity contribution is 6.00. The average Bonchev–Trinajstić information content (AvgIpc) is 2.68. The molecule has 1 aliphatic rings. The van der Waals surface area contributed by atoms with E-state index in [-0.39, 0.29) is 0 Å². The van der Waals surface area contributed by atoms with E-state index in [9.17, 15) is 0 Å². The summed E-state index contributed by atoms with van der Waals surface area (Å²) < 4.78 is 0. The number of piperidine rings is 1. The quantitative estimate of drug-likeness (QED) is 0.718. The van der Waals surface area contributed by atoms with Gasteiger partial charge in [0.05, 0.1) is 11.6 Å². The fourth-order valence-corrected chi connectivity index (χ4v) is 3.20. The topological polar surface area (TPSA) is 52.8 Å². The van der Waals surface area contributed by atoms with Crippen LogP contribution >= 0.6 is 0 Å². The van der Waals surface area contributed by atoms with E-state index >= 15 is 0 Å². The molecule has 1 fully saturated rings. The molecular formula is C20H17N4. The van der Waals surface area contributed by atoms with E-state index in [2.05, 4.69) is 39.7 Å². The Labute approximate surface area is 141 Å². The number of nitrogens with zero attached hydrogens (tertiary/aromatic N) is 4. The van der Waals surface area contributed by atoms with Crippen LogP contribution in [0, 0.1) is 17.8 Å². The van der Waals surface area contributed by atoms with E-state index in [0.717, 1.165) is 53.8 Å². The summed E-state index contributed by atoms with van der Waals surface area (Å²) in [7, 11) is 0. The van der Waals surface area contributed by atoms with Crippen molar-refractivity contribution in [2.75, 3.05) is 18.0 Å². The predicted molar refractivity (Wildman–Crippen MR) is 95.4 cm³/mol. The van der Waals surface area contributed by atoms with Crippen LogP contribution < -0.4 is 4.90 Å². The van der Waals surface area contributed by atoms with E-state index < -0.39 is 0 Å². The number of aromatic nitrogens is 2. The van der Waals surface area contributed by atoms with E-state index in [1.165, 1.54) is 0 Å². The first kappa shape index (κ1) is 14.6. The average molecular weight is 313 g/mol. The molecule has 0 aliphatic carbocycles. The van der Waals surface area contributed by atoms with Crippen LogP contribution in [0.1, 0.15) is 18.4 Å². The first-order valence-electron chi connectivity index (χ1n) is 8.19. The molecule has 4 rings (SSSR count). The number of hydrogen-bond acceptors (Lipinski definition) is 4. The van der Waals surface area contributed by atoms with Gasteiger partial charge in [0, 0.05) is 29.4 Å². The zero-order valence-electron chi connectivity index (χ0n) is 13.3. The van der Waals surface area contributed by atoms with Gasteiger partial charge < -0.3 is 4.90 Å². The summed E-state index contributed by atoms with van der Waals surface area (Å²) in [5, 5.41) is 20.3. The molecule has 4 heteroatoms. The van der Waals surface area contributed by atoms with Gasteiger partial charge in [0.15, 0.2) is 5.82 Å². The summed E-state index contributed by atoms with van der Waals surface area (Å²) in [5.74, 6) is 0.969. The summed E-state index contributed by atoms with van der Waals surface area (Å²) in [4.78, 5) is 2.32. The molecule has 0 saturated carbocycles. The van der Waals surface area contributed by atoms with Gasteiger partial charge >= 0.3 is 0 Å². The Balaban J connectivity index is 1.84. The molecule has 1 radical (unpaired) electrons. The number of hydrogen-bond donors (Lipinski definition) is 0. The number of nitriles is 1. The molecule has 3 aromatic rings. The lowest BCUT2D eigenvalue weighted by atomic mass is 10.0. The maximum Gasteiger partial charge on any atom is 0.159 e. The Morgan fingerprint density at radius 1 is 0.875 bits per heavy atom. The van der Waals surface area contributed by atoms with Crippen LogP contribution in [-0.2, 0) is 0 Å². The Kier molecular flexibility index (Phi) is 3.84. The molecule has 117 valence electrons. The summed E-state index contributed by atoms with van der Waals surface area (Å²) >= 11 is 0. The Hall–Kier alpha value is -2.93. The van der Waals surface area contributed by atoms with Crippen molar-refractivity contribution in [3.8, 4) is 17.3 Å². The van der Waals surface area contributed by atoms with Gasteiger partial charge in [0.1, 0.15) is 5.69 Å². The fraction of sp³-hybridized carbons (Fsp3) is 0.200. The minimum Gasteiger partial charge on any atom is -0.355 e. The third-order valence-electron chi connectivity index (χ3n) is 4.46. The van der Waals surface area contributed by atoms with Gasteiger partial charge in [-0.1, -0.05) is 36.4 Å².